The molecule has 0 radical (unpaired) electrons. The lowest BCUT2D eigenvalue weighted by Crippen LogP contribution is -2.28. The maximum atomic E-state index is 11.1. The number of hydrogen-bond acceptors (Lipinski definition) is 3. The Balaban J connectivity index is 2.74. The van der Waals surface area contributed by atoms with Gasteiger partial charge in [0.15, 0.2) is 0 Å². The van der Waals surface area contributed by atoms with Gasteiger partial charge in [-0.3, -0.25) is 4.98 Å². The van der Waals surface area contributed by atoms with Gasteiger partial charge in [-0.1, -0.05) is 6.07 Å². The summed E-state index contributed by atoms with van der Waals surface area (Å²) in [6.45, 7) is 1.71. The lowest BCUT2D eigenvalue weighted by Gasteiger charge is -2.11. The van der Waals surface area contributed by atoms with Gasteiger partial charge in [-0.15, -0.1) is 11.6 Å². The fraction of sp³-hybridized carbons (Fsp3) is 0.375. The summed E-state index contributed by atoms with van der Waals surface area (Å²) in [6, 6.07) is 4.96. The van der Waals surface area contributed by atoms with Crippen LogP contribution in [0.1, 0.15) is 18.7 Å². The molecule has 0 fully saturated rings. The second-order valence-electron chi connectivity index (χ2n) is 2.82. The number of rotatable bonds is 4. The van der Waals surface area contributed by atoms with Gasteiger partial charge >= 0.3 is 0 Å². The van der Waals surface area contributed by atoms with Gasteiger partial charge < -0.3 is 0 Å². The highest BCUT2D eigenvalue weighted by Gasteiger charge is 2.14. The van der Waals surface area contributed by atoms with E-state index in [9.17, 15) is 8.42 Å². The fourth-order valence-electron chi connectivity index (χ4n) is 0.993. The minimum atomic E-state index is -3.39. The molecule has 4 nitrogen and oxygen atoms in total. The van der Waals surface area contributed by atoms with E-state index in [0.717, 1.165) is 0 Å². The van der Waals surface area contributed by atoms with Crippen LogP contribution in [0.2, 0.25) is 0 Å². The Hall–Kier alpha value is -0.650. The van der Waals surface area contributed by atoms with Crippen molar-refractivity contribution in [1.29, 1.82) is 0 Å². The van der Waals surface area contributed by atoms with Crippen molar-refractivity contribution in [1.82, 2.24) is 9.71 Å². The molecule has 6 heteroatoms. The summed E-state index contributed by atoms with van der Waals surface area (Å²) in [5.74, 6) is 0. The number of nitrogens with zero attached hydrogens (tertiary/aromatic N) is 1. The normalized spacial score (nSPS) is 13.9. The van der Waals surface area contributed by atoms with Gasteiger partial charge in [0.1, 0.15) is 5.21 Å². The number of sulfonamides is 1. The zero-order chi connectivity index (χ0) is 10.6. The highest BCUT2D eigenvalue weighted by Crippen LogP contribution is 2.09. The van der Waals surface area contributed by atoms with Gasteiger partial charge in [0.05, 0.1) is 11.7 Å². The van der Waals surface area contributed by atoms with Crippen LogP contribution in [0.5, 0.6) is 0 Å². The third kappa shape index (κ3) is 3.25. The Morgan fingerprint density at radius 2 is 2.29 bits per heavy atom. The molecule has 0 bridgehead atoms. The Labute approximate surface area is 88.4 Å². The Kier molecular flexibility index (Phi) is 3.86. The number of halogens is 1. The molecule has 0 spiro atoms. The highest BCUT2D eigenvalue weighted by molar-refractivity contribution is 7.90. The first-order valence-electron chi connectivity index (χ1n) is 4.02. The molecule has 0 saturated carbocycles. The van der Waals surface area contributed by atoms with E-state index in [1.165, 1.54) is 0 Å². The monoisotopic (exact) mass is 234 g/mol. The highest BCUT2D eigenvalue weighted by atomic mass is 35.5. The predicted octanol–water partition coefficient (Wildman–Crippen LogP) is 1.26. The minimum absolute atomic E-state index is 0.361. The van der Waals surface area contributed by atoms with E-state index in [-0.39, 0.29) is 6.04 Å². The number of alkyl halides is 1. The fourth-order valence-corrected chi connectivity index (χ4v) is 1.90. The Morgan fingerprint density at radius 3 is 2.79 bits per heavy atom. The van der Waals surface area contributed by atoms with Crippen LogP contribution in [0.4, 0.5) is 0 Å². The second-order valence-corrected chi connectivity index (χ2v) is 5.16. The number of nitrogens with one attached hydrogen (secondary N) is 1. The molecule has 1 heterocycles. The number of hydrogen-bond donors (Lipinski definition) is 1. The van der Waals surface area contributed by atoms with E-state index in [2.05, 4.69) is 9.71 Å². The average molecular weight is 235 g/mol. The van der Waals surface area contributed by atoms with Crippen molar-refractivity contribution in [2.45, 2.75) is 13.0 Å². The van der Waals surface area contributed by atoms with Crippen molar-refractivity contribution < 1.29 is 8.42 Å². The summed E-state index contributed by atoms with van der Waals surface area (Å²) in [4.78, 5) is 4.03. The van der Waals surface area contributed by atoms with Crippen molar-refractivity contribution in [3.05, 3.63) is 30.1 Å². The maximum absolute atomic E-state index is 11.1. The molecule has 0 amide bonds. The van der Waals surface area contributed by atoms with Gasteiger partial charge in [0, 0.05) is 6.20 Å². The van der Waals surface area contributed by atoms with Gasteiger partial charge in [0.2, 0.25) is 10.0 Å². The van der Waals surface area contributed by atoms with Crippen molar-refractivity contribution in [2.24, 2.45) is 0 Å². The quantitative estimate of drug-likeness (QED) is 0.798. The zero-order valence-corrected chi connectivity index (χ0v) is 9.22. The molecule has 0 aromatic carbocycles. The smallest absolute Gasteiger partial charge is 0.226 e. The molecule has 0 unspecified atom stereocenters. The van der Waals surface area contributed by atoms with E-state index in [1.807, 2.05) is 0 Å². The predicted molar refractivity (Wildman–Crippen MR) is 55.4 cm³/mol. The molecule has 0 aliphatic carbocycles. The molecular formula is C8H11ClN2O2S. The standard InChI is InChI=1S/C8H11ClN2O2S/c1-7(11-14(12,13)6-9)8-4-2-3-5-10-8/h2-5,7,11H,6H2,1H3/t7-/m0/s1. The Bertz CT molecular complexity index is 380. The Morgan fingerprint density at radius 1 is 1.57 bits per heavy atom. The van der Waals surface area contributed by atoms with Crippen LogP contribution in [-0.2, 0) is 10.0 Å². The average Bonchev–Trinajstić information content (AvgIpc) is 2.19. The summed E-state index contributed by atoms with van der Waals surface area (Å²) < 4.78 is 24.6. The lowest BCUT2D eigenvalue weighted by atomic mass is 10.2. The molecule has 1 atom stereocenters. The molecule has 14 heavy (non-hydrogen) atoms. The zero-order valence-electron chi connectivity index (χ0n) is 7.64. The van der Waals surface area contributed by atoms with E-state index in [4.69, 9.17) is 11.6 Å². The third-order valence-corrected chi connectivity index (χ3v) is 3.49. The maximum Gasteiger partial charge on any atom is 0.226 e. The summed E-state index contributed by atoms with van der Waals surface area (Å²) in [7, 11) is -3.39. The van der Waals surface area contributed by atoms with Crippen molar-refractivity contribution in [3.8, 4) is 0 Å². The van der Waals surface area contributed by atoms with Gasteiger partial charge in [0.25, 0.3) is 0 Å². The van der Waals surface area contributed by atoms with E-state index in [1.54, 1.807) is 31.3 Å². The van der Waals surface area contributed by atoms with Crippen LogP contribution < -0.4 is 4.72 Å². The minimum Gasteiger partial charge on any atom is -0.260 e. The van der Waals surface area contributed by atoms with Crippen molar-refractivity contribution in [2.75, 3.05) is 5.21 Å². The molecule has 1 aromatic heterocycles. The van der Waals surface area contributed by atoms with Crippen LogP contribution in [0.15, 0.2) is 24.4 Å². The van der Waals surface area contributed by atoms with Gasteiger partial charge in [-0.05, 0) is 19.1 Å². The van der Waals surface area contributed by atoms with Crippen LogP contribution in [0.3, 0.4) is 0 Å². The molecule has 1 N–H and O–H groups in total. The van der Waals surface area contributed by atoms with Crippen molar-refractivity contribution >= 4 is 21.6 Å². The second kappa shape index (κ2) is 4.72. The molecule has 1 rings (SSSR count). The topological polar surface area (TPSA) is 59.1 Å². The first-order valence-corrected chi connectivity index (χ1v) is 6.21. The van der Waals surface area contributed by atoms with Gasteiger partial charge in [-0.25, -0.2) is 13.1 Å². The lowest BCUT2D eigenvalue weighted by molar-refractivity contribution is 0.568. The largest absolute Gasteiger partial charge is 0.260 e. The van der Waals surface area contributed by atoms with Crippen LogP contribution in [-0.4, -0.2) is 18.6 Å². The molecule has 0 saturated heterocycles. The summed E-state index contributed by atoms with van der Waals surface area (Å²) in [6.07, 6.45) is 1.61. The van der Waals surface area contributed by atoms with E-state index in [0.29, 0.717) is 5.69 Å². The first-order chi connectivity index (χ1) is 6.55. The molecule has 1 aromatic rings. The SMILES string of the molecule is C[C@H](NS(=O)(=O)CCl)c1ccccn1. The molecule has 0 aliphatic rings. The summed E-state index contributed by atoms with van der Waals surface area (Å²) >= 11 is 5.25. The summed E-state index contributed by atoms with van der Waals surface area (Å²) in [5, 5.41) is -0.440. The molecule has 78 valence electrons. The number of pyridine rings is 1. The van der Waals surface area contributed by atoms with Crippen molar-refractivity contribution in [3.63, 3.8) is 0 Å². The summed E-state index contributed by atoms with van der Waals surface area (Å²) in [5.41, 5.74) is 0.668. The van der Waals surface area contributed by atoms with Crippen LogP contribution >= 0.6 is 11.6 Å². The molecular weight excluding hydrogens is 224 g/mol. The van der Waals surface area contributed by atoms with Crippen LogP contribution in [0.25, 0.3) is 0 Å². The third-order valence-electron chi connectivity index (χ3n) is 1.63. The van der Waals surface area contributed by atoms with E-state index < -0.39 is 15.2 Å². The van der Waals surface area contributed by atoms with Gasteiger partial charge in [-0.2, -0.15) is 0 Å². The number of aromatic nitrogens is 1. The van der Waals surface area contributed by atoms with Crippen LogP contribution in [0, 0.1) is 0 Å². The first kappa shape index (κ1) is 11.4. The molecule has 0 aliphatic heterocycles. The van der Waals surface area contributed by atoms with E-state index >= 15 is 0 Å².